The largest absolute Gasteiger partial charge is 0.354 e. The molecular weight excluding hydrogens is 182 g/mol. The highest BCUT2D eigenvalue weighted by Crippen LogP contribution is 2.49. The van der Waals surface area contributed by atoms with E-state index in [0.29, 0.717) is 12.5 Å². The Bertz CT molecular complexity index is 189. The highest BCUT2D eigenvalue weighted by Gasteiger charge is 2.42. The number of nitrogens with one attached hydrogen (secondary N) is 1. The minimum absolute atomic E-state index is 0.195. The first-order chi connectivity index (χ1) is 6.12. The van der Waals surface area contributed by atoms with E-state index in [1.165, 1.54) is 12.8 Å². The molecule has 0 aromatic heterocycles. The van der Waals surface area contributed by atoms with Crippen LogP contribution in [0.2, 0.25) is 0 Å². The summed E-state index contributed by atoms with van der Waals surface area (Å²) in [6.07, 6.45) is 4.01. The second-order valence-corrected chi connectivity index (χ2v) is 4.53. The molecule has 1 fully saturated rings. The lowest BCUT2D eigenvalue weighted by Gasteiger charge is -2.15. The van der Waals surface area contributed by atoms with Crippen molar-refractivity contribution in [1.29, 1.82) is 0 Å². The quantitative estimate of drug-likeness (QED) is 0.655. The fourth-order valence-corrected chi connectivity index (χ4v) is 1.76. The minimum Gasteiger partial charge on any atom is -0.354 e. The summed E-state index contributed by atoms with van der Waals surface area (Å²) in [5.41, 5.74) is 0.251. The summed E-state index contributed by atoms with van der Waals surface area (Å²) in [6.45, 7) is 4.12. The first-order valence-corrected chi connectivity index (χ1v) is 5.65. The zero-order chi connectivity index (χ0) is 9.90. The van der Waals surface area contributed by atoms with Gasteiger partial charge in [-0.2, -0.15) is 12.6 Å². The summed E-state index contributed by atoms with van der Waals surface area (Å²) in [5, 5.41) is 2.99. The molecule has 76 valence electrons. The van der Waals surface area contributed by atoms with Gasteiger partial charge in [0.05, 0.1) is 0 Å². The van der Waals surface area contributed by atoms with Gasteiger partial charge in [-0.3, -0.25) is 4.79 Å². The molecule has 1 N–H and O–H groups in total. The van der Waals surface area contributed by atoms with Crippen molar-refractivity contribution < 1.29 is 4.79 Å². The summed E-state index contributed by atoms with van der Waals surface area (Å²) in [5.74, 6) is 1.04. The third-order valence-corrected chi connectivity index (χ3v) is 3.52. The van der Waals surface area contributed by atoms with Crippen molar-refractivity contribution in [2.75, 3.05) is 5.75 Å². The van der Waals surface area contributed by atoms with Crippen LogP contribution in [-0.4, -0.2) is 17.7 Å². The summed E-state index contributed by atoms with van der Waals surface area (Å²) in [7, 11) is 0. The van der Waals surface area contributed by atoms with E-state index >= 15 is 0 Å². The smallest absolute Gasteiger partial charge is 0.220 e. The molecule has 0 bridgehead atoms. The molecule has 1 unspecified atom stereocenters. The van der Waals surface area contributed by atoms with Crippen LogP contribution in [0.25, 0.3) is 0 Å². The van der Waals surface area contributed by atoms with Crippen LogP contribution in [0.15, 0.2) is 0 Å². The van der Waals surface area contributed by atoms with E-state index in [9.17, 15) is 4.79 Å². The Morgan fingerprint density at radius 1 is 1.62 bits per heavy atom. The van der Waals surface area contributed by atoms with Gasteiger partial charge >= 0.3 is 0 Å². The van der Waals surface area contributed by atoms with E-state index in [4.69, 9.17) is 0 Å². The molecule has 0 spiro atoms. The number of hydrogen-bond donors (Lipinski definition) is 2. The van der Waals surface area contributed by atoms with E-state index in [2.05, 4.69) is 24.9 Å². The molecule has 0 aromatic carbocycles. The van der Waals surface area contributed by atoms with E-state index in [-0.39, 0.29) is 11.3 Å². The SMILES string of the molecule is CCC(C)NC(=O)CC1(CS)CC1. The summed E-state index contributed by atoms with van der Waals surface area (Å²) in [4.78, 5) is 11.5. The Morgan fingerprint density at radius 3 is 2.62 bits per heavy atom. The molecule has 0 radical (unpaired) electrons. The maximum absolute atomic E-state index is 11.5. The first-order valence-electron chi connectivity index (χ1n) is 5.02. The number of carbonyl (C=O) groups is 1. The summed E-state index contributed by atoms with van der Waals surface area (Å²) < 4.78 is 0. The van der Waals surface area contributed by atoms with E-state index in [1.54, 1.807) is 0 Å². The molecule has 1 rings (SSSR count). The van der Waals surface area contributed by atoms with Crippen molar-refractivity contribution in [2.45, 2.75) is 45.6 Å². The van der Waals surface area contributed by atoms with E-state index in [0.717, 1.165) is 12.2 Å². The van der Waals surface area contributed by atoms with Gasteiger partial charge < -0.3 is 5.32 Å². The van der Waals surface area contributed by atoms with Gasteiger partial charge in [0.25, 0.3) is 0 Å². The van der Waals surface area contributed by atoms with E-state index < -0.39 is 0 Å². The van der Waals surface area contributed by atoms with Crippen LogP contribution in [0.3, 0.4) is 0 Å². The Kier molecular flexibility index (Phi) is 3.65. The zero-order valence-corrected chi connectivity index (χ0v) is 9.36. The maximum Gasteiger partial charge on any atom is 0.220 e. The van der Waals surface area contributed by atoms with Gasteiger partial charge in [0.1, 0.15) is 0 Å². The topological polar surface area (TPSA) is 29.1 Å². The van der Waals surface area contributed by atoms with Crippen molar-refractivity contribution in [2.24, 2.45) is 5.41 Å². The average molecular weight is 201 g/mol. The van der Waals surface area contributed by atoms with Crippen LogP contribution in [0.4, 0.5) is 0 Å². The molecule has 1 aliphatic rings. The molecule has 3 heteroatoms. The average Bonchev–Trinajstić information content (AvgIpc) is 2.85. The number of carbonyl (C=O) groups excluding carboxylic acids is 1. The Morgan fingerprint density at radius 2 is 2.23 bits per heavy atom. The maximum atomic E-state index is 11.5. The van der Waals surface area contributed by atoms with Gasteiger partial charge in [-0.15, -0.1) is 0 Å². The van der Waals surface area contributed by atoms with Crippen LogP contribution < -0.4 is 5.32 Å². The Hall–Kier alpha value is -0.180. The van der Waals surface area contributed by atoms with Gasteiger partial charge in [-0.25, -0.2) is 0 Å². The van der Waals surface area contributed by atoms with Crippen LogP contribution in [0.5, 0.6) is 0 Å². The third-order valence-electron chi connectivity index (χ3n) is 2.85. The number of rotatable bonds is 5. The molecule has 0 saturated heterocycles. The van der Waals surface area contributed by atoms with Crippen LogP contribution in [0.1, 0.15) is 39.5 Å². The monoisotopic (exact) mass is 201 g/mol. The van der Waals surface area contributed by atoms with Gasteiger partial charge in [0, 0.05) is 12.5 Å². The molecule has 1 saturated carbocycles. The highest BCUT2D eigenvalue weighted by molar-refractivity contribution is 7.80. The molecule has 0 aromatic rings. The Labute approximate surface area is 85.9 Å². The summed E-state index contributed by atoms with van der Waals surface area (Å²) in [6, 6.07) is 0.309. The highest BCUT2D eigenvalue weighted by atomic mass is 32.1. The van der Waals surface area contributed by atoms with Crippen molar-refractivity contribution in [1.82, 2.24) is 5.32 Å². The van der Waals surface area contributed by atoms with Gasteiger partial charge in [0.15, 0.2) is 0 Å². The lowest BCUT2D eigenvalue weighted by Crippen LogP contribution is -2.33. The predicted octanol–water partition coefficient (Wildman–Crippen LogP) is 2.00. The van der Waals surface area contributed by atoms with Gasteiger partial charge in [0.2, 0.25) is 5.91 Å². The van der Waals surface area contributed by atoms with Crippen LogP contribution >= 0.6 is 12.6 Å². The molecular formula is C10H19NOS. The Balaban J connectivity index is 2.25. The minimum atomic E-state index is 0.195. The lowest BCUT2D eigenvalue weighted by molar-refractivity contribution is -0.122. The normalized spacial score (nSPS) is 20.8. The molecule has 1 amide bonds. The number of thiol groups is 1. The predicted molar refractivity (Wildman–Crippen MR) is 58.0 cm³/mol. The second-order valence-electron chi connectivity index (χ2n) is 4.21. The molecule has 0 heterocycles. The third kappa shape index (κ3) is 3.22. The molecule has 13 heavy (non-hydrogen) atoms. The van der Waals surface area contributed by atoms with Crippen molar-refractivity contribution in [3.63, 3.8) is 0 Å². The van der Waals surface area contributed by atoms with Crippen molar-refractivity contribution in [3.8, 4) is 0 Å². The molecule has 1 atom stereocenters. The molecule has 1 aliphatic carbocycles. The van der Waals surface area contributed by atoms with Crippen LogP contribution in [-0.2, 0) is 4.79 Å². The van der Waals surface area contributed by atoms with Crippen LogP contribution in [0, 0.1) is 5.41 Å². The lowest BCUT2D eigenvalue weighted by atomic mass is 10.0. The first kappa shape index (κ1) is 10.9. The second kappa shape index (κ2) is 4.36. The van der Waals surface area contributed by atoms with Gasteiger partial charge in [-0.1, -0.05) is 6.92 Å². The zero-order valence-electron chi connectivity index (χ0n) is 8.47. The van der Waals surface area contributed by atoms with Gasteiger partial charge in [-0.05, 0) is 37.4 Å². The van der Waals surface area contributed by atoms with Crippen molar-refractivity contribution in [3.05, 3.63) is 0 Å². The fourth-order valence-electron chi connectivity index (χ4n) is 1.34. The standard InChI is InChI=1S/C10H19NOS/c1-3-8(2)11-9(12)6-10(7-13)4-5-10/h8,13H,3-7H2,1-2H3,(H,11,12). The fraction of sp³-hybridized carbons (Fsp3) is 0.900. The summed E-state index contributed by atoms with van der Waals surface area (Å²) >= 11 is 4.27. The molecule has 0 aliphatic heterocycles. The number of hydrogen-bond acceptors (Lipinski definition) is 2. The van der Waals surface area contributed by atoms with Crippen molar-refractivity contribution >= 4 is 18.5 Å². The van der Waals surface area contributed by atoms with E-state index in [1.807, 2.05) is 6.92 Å². The molecule has 2 nitrogen and oxygen atoms in total. The number of amides is 1.